The van der Waals surface area contributed by atoms with E-state index in [0.29, 0.717) is 0 Å². The van der Waals surface area contributed by atoms with Crippen LogP contribution in [0, 0.1) is 13.8 Å². The van der Waals surface area contributed by atoms with E-state index in [0.717, 1.165) is 36.1 Å². The third-order valence-electron chi connectivity index (χ3n) is 3.13. The lowest BCUT2D eigenvalue weighted by atomic mass is 10.1. The summed E-state index contributed by atoms with van der Waals surface area (Å²) in [6, 6.07) is 0. The van der Waals surface area contributed by atoms with Gasteiger partial charge in [-0.15, -0.1) is 21.5 Å². The van der Waals surface area contributed by atoms with Gasteiger partial charge in [0, 0.05) is 30.8 Å². The quantitative estimate of drug-likeness (QED) is 0.875. The Labute approximate surface area is 104 Å². The molecule has 1 aliphatic heterocycles. The van der Waals surface area contributed by atoms with Crippen molar-refractivity contribution in [3.8, 4) is 0 Å². The molecule has 5 nitrogen and oxygen atoms in total. The number of nitrogens with zero attached hydrogens (tertiary/aromatic N) is 4. The smallest absolute Gasteiger partial charge is 0.131 e. The molecule has 0 amide bonds. The van der Waals surface area contributed by atoms with Crippen molar-refractivity contribution in [2.45, 2.75) is 33.4 Å². The molecule has 2 aromatic heterocycles. The molecule has 3 rings (SSSR count). The van der Waals surface area contributed by atoms with Gasteiger partial charge in [-0.2, -0.15) is 5.10 Å². The van der Waals surface area contributed by atoms with Crippen LogP contribution < -0.4 is 0 Å². The topological polar surface area (TPSA) is 57.7 Å². The highest BCUT2D eigenvalue weighted by molar-refractivity contribution is 7.11. The first-order valence-electron chi connectivity index (χ1n) is 5.76. The number of nitrogens with one attached hydrogen (secondary N) is 1. The third kappa shape index (κ3) is 2.10. The predicted molar refractivity (Wildman–Crippen MR) is 65.8 cm³/mol. The molecule has 90 valence electrons. The zero-order valence-electron chi connectivity index (χ0n) is 10.0. The zero-order valence-corrected chi connectivity index (χ0v) is 10.8. The van der Waals surface area contributed by atoms with Gasteiger partial charge in [-0.1, -0.05) is 0 Å². The molecule has 0 fully saturated rings. The average molecular weight is 249 g/mol. The highest BCUT2D eigenvalue weighted by atomic mass is 32.1. The molecule has 0 saturated carbocycles. The molecule has 1 aliphatic rings. The number of hydrogen-bond acceptors (Lipinski definition) is 5. The third-order valence-corrected chi connectivity index (χ3v) is 3.96. The molecule has 0 aliphatic carbocycles. The zero-order chi connectivity index (χ0) is 11.8. The van der Waals surface area contributed by atoms with Crippen LogP contribution in [0.4, 0.5) is 0 Å². The maximum atomic E-state index is 4.32. The van der Waals surface area contributed by atoms with Gasteiger partial charge in [-0.3, -0.25) is 10.00 Å². The van der Waals surface area contributed by atoms with Crippen molar-refractivity contribution in [1.29, 1.82) is 0 Å². The van der Waals surface area contributed by atoms with Crippen molar-refractivity contribution in [1.82, 2.24) is 25.3 Å². The standard InChI is InChI=1S/C11H15N5S/c1-7-9-5-16(4-3-10(9)14-12-7)6-11-15-13-8(2)17-11/h3-6H2,1-2H3,(H,12,14). The molecule has 3 heterocycles. The van der Waals surface area contributed by atoms with Crippen molar-refractivity contribution in [2.24, 2.45) is 0 Å². The second kappa shape index (κ2) is 4.19. The number of fused-ring (bicyclic) bond motifs is 1. The van der Waals surface area contributed by atoms with E-state index < -0.39 is 0 Å². The Balaban J connectivity index is 1.73. The molecule has 0 bridgehead atoms. The highest BCUT2D eigenvalue weighted by Gasteiger charge is 2.21. The Bertz CT molecular complexity index is 530. The molecule has 2 aromatic rings. The summed E-state index contributed by atoms with van der Waals surface area (Å²) in [7, 11) is 0. The number of aromatic nitrogens is 4. The Hall–Kier alpha value is -1.27. The van der Waals surface area contributed by atoms with E-state index in [-0.39, 0.29) is 0 Å². The molecule has 0 unspecified atom stereocenters. The first-order valence-corrected chi connectivity index (χ1v) is 6.58. The lowest BCUT2D eigenvalue weighted by Gasteiger charge is -2.25. The summed E-state index contributed by atoms with van der Waals surface area (Å²) in [4.78, 5) is 2.41. The first-order chi connectivity index (χ1) is 8.22. The maximum absolute atomic E-state index is 4.32. The van der Waals surface area contributed by atoms with Crippen LogP contribution >= 0.6 is 11.3 Å². The van der Waals surface area contributed by atoms with Crippen LogP contribution in [0.25, 0.3) is 0 Å². The number of hydrogen-bond donors (Lipinski definition) is 1. The van der Waals surface area contributed by atoms with E-state index in [1.54, 1.807) is 11.3 Å². The van der Waals surface area contributed by atoms with Gasteiger partial charge in [0.25, 0.3) is 0 Å². The maximum Gasteiger partial charge on any atom is 0.131 e. The normalized spacial score (nSPS) is 16.1. The van der Waals surface area contributed by atoms with Crippen LogP contribution in [0.5, 0.6) is 0 Å². The molecular weight excluding hydrogens is 234 g/mol. The highest BCUT2D eigenvalue weighted by Crippen LogP contribution is 2.21. The Morgan fingerprint density at radius 3 is 3.00 bits per heavy atom. The van der Waals surface area contributed by atoms with Crippen LogP contribution in [0.2, 0.25) is 0 Å². The SMILES string of the molecule is Cc1nnc(CN2CCc3n[nH]c(C)c3C2)s1. The molecular formula is C11H15N5S. The number of aromatic amines is 1. The van der Waals surface area contributed by atoms with Crippen LogP contribution in [0.15, 0.2) is 0 Å². The average Bonchev–Trinajstić information content (AvgIpc) is 2.87. The Morgan fingerprint density at radius 1 is 1.35 bits per heavy atom. The molecule has 0 saturated heterocycles. The molecule has 0 spiro atoms. The number of aryl methyl sites for hydroxylation is 2. The summed E-state index contributed by atoms with van der Waals surface area (Å²) >= 11 is 1.68. The lowest BCUT2D eigenvalue weighted by Crippen LogP contribution is -2.30. The Morgan fingerprint density at radius 2 is 2.24 bits per heavy atom. The van der Waals surface area contributed by atoms with Crippen LogP contribution in [-0.4, -0.2) is 31.8 Å². The van der Waals surface area contributed by atoms with Crippen LogP contribution in [0.3, 0.4) is 0 Å². The van der Waals surface area contributed by atoms with E-state index in [2.05, 4.69) is 32.2 Å². The van der Waals surface area contributed by atoms with Gasteiger partial charge in [-0.05, 0) is 13.8 Å². The minimum atomic E-state index is 0.898. The number of H-pyrrole nitrogens is 1. The fourth-order valence-corrected chi connectivity index (χ4v) is 2.97. The van der Waals surface area contributed by atoms with Gasteiger partial charge in [0.15, 0.2) is 0 Å². The second-order valence-corrected chi connectivity index (χ2v) is 5.72. The summed E-state index contributed by atoms with van der Waals surface area (Å²) < 4.78 is 0. The fraction of sp³-hybridized carbons (Fsp3) is 0.545. The van der Waals surface area contributed by atoms with E-state index in [9.17, 15) is 0 Å². The predicted octanol–water partition coefficient (Wildman–Crippen LogP) is 1.44. The molecule has 0 radical (unpaired) electrons. The Kier molecular flexibility index (Phi) is 2.68. The van der Waals surface area contributed by atoms with Crippen molar-refractivity contribution in [2.75, 3.05) is 6.54 Å². The summed E-state index contributed by atoms with van der Waals surface area (Å²) in [5.41, 5.74) is 3.78. The van der Waals surface area contributed by atoms with Gasteiger partial charge in [-0.25, -0.2) is 0 Å². The molecule has 0 atom stereocenters. The van der Waals surface area contributed by atoms with Gasteiger partial charge in [0.05, 0.1) is 12.2 Å². The minimum Gasteiger partial charge on any atom is -0.292 e. The monoisotopic (exact) mass is 249 g/mol. The molecule has 17 heavy (non-hydrogen) atoms. The van der Waals surface area contributed by atoms with E-state index in [1.165, 1.54) is 17.0 Å². The lowest BCUT2D eigenvalue weighted by molar-refractivity contribution is 0.243. The van der Waals surface area contributed by atoms with Gasteiger partial charge < -0.3 is 0 Å². The molecule has 6 heteroatoms. The van der Waals surface area contributed by atoms with Crippen LogP contribution in [-0.2, 0) is 19.5 Å². The largest absolute Gasteiger partial charge is 0.292 e. The minimum absolute atomic E-state index is 0.898. The van der Waals surface area contributed by atoms with Crippen LogP contribution in [0.1, 0.15) is 27.0 Å². The van der Waals surface area contributed by atoms with Crippen molar-refractivity contribution < 1.29 is 0 Å². The summed E-state index contributed by atoms with van der Waals surface area (Å²) in [6.45, 7) is 7.00. The summed E-state index contributed by atoms with van der Waals surface area (Å²) in [5.74, 6) is 0. The first kappa shape index (κ1) is 10.9. The van der Waals surface area contributed by atoms with Gasteiger partial charge >= 0.3 is 0 Å². The van der Waals surface area contributed by atoms with E-state index in [1.807, 2.05) is 6.92 Å². The molecule has 1 N–H and O–H groups in total. The summed E-state index contributed by atoms with van der Waals surface area (Å²) in [5, 5.41) is 17.8. The van der Waals surface area contributed by atoms with Crippen molar-refractivity contribution in [3.63, 3.8) is 0 Å². The fourth-order valence-electron chi connectivity index (χ4n) is 2.21. The van der Waals surface area contributed by atoms with Gasteiger partial charge in [0.1, 0.15) is 10.0 Å². The van der Waals surface area contributed by atoms with Crippen molar-refractivity contribution >= 4 is 11.3 Å². The molecule has 0 aromatic carbocycles. The summed E-state index contributed by atoms with van der Waals surface area (Å²) in [6.07, 6.45) is 1.03. The number of rotatable bonds is 2. The van der Waals surface area contributed by atoms with Gasteiger partial charge in [0.2, 0.25) is 0 Å². The van der Waals surface area contributed by atoms with Crippen molar-refractivity contribution in [3.05, 3.63) is 27.0 Å². The van der Waals surface area contributed by atoms with E-state index in [4.69, 9.17) is 0 Å². The second-order valence-electron chi connectivity index (χ2n) is 4.45. The van der Waals surface area contributed by atoms with E-state index >= 15 is 0 Å².